The van der Waals surface area contributed by atoms with Crippen LogP contribution in [0, 0.1) is 0 Å². The van der Waals surface area contributed by atoms with Gasteiger partial charge in [0.05, 0.1) is 13.7 Å². The number of hydrogen-bond donors (Lipinski definition) is 0. The SMILES string of the molecule is CCOC(=O)Oc1ccc(C2(c3ccc(OC(=O)OC)cc3)CCCCC2)cc1. The van der Waals surface area contributed by atoms with Gasteiger partial charge in [-0.2, -0.15) is 0 Å². The van der Waals surface area contributed by atoms with E-state index in [0.717, 1.165) is 25.7 Å². The summed E-state index contributed by atoms with van der Waals surface area (Å²) in [7, 11) is 1.28. The zero-order valence-electron chi connectivity index (χ0n) is 16.8. The molecule has 1 aliphatic carbocycles. The van der Waals surface area contributed by atoms with Gasteiger partial charge in [0.1, 0.15) is 11.5 Å². The molecule has 0 N–H and O–H groups in total. The Bertz CT molecular complexity index is 819. The van der Waals surface area contributed by atoms with Gasteiger partial charge in [0.2, 0.25) is 0 Å². The average molecular weight is 398 g/mol. The normalized spacial score (nSPS) is 15.2. The van der Waals surface area contributed by atoms with E-state index in [2.05, 4.69) is 4.74 Å². The third kappa shape index (κ3) is 4.88. The van der Waals surface area contributed by atoms with E-state index >= 15 is 0 Å². The quantitative estimate of drug-likeness (QED) is 0.481. The minimum atomic E-state index is -0.734. The fraction of sp³-hybridized carbons (Fsp3) is 0.391. The predicted octanol–water partition coefficient (Wildman–Crippen LogP) is 5.62. The molecular formula is C23H26O6. The summed E-state index contributed by atoms with van der Waals surface area (Å²) >= 11 is 0. The fourth-order valence-electron chi connectivity index (χ4n) is 3.96. The lowest BCUT2D eigenvalue weighted by Crippen LogP contribution is -2.30. The predicted molar refractivity (Wildman–Crippen MR) is 107 cm³/mol. The van der Waals surface area contributed by atoms with Crippen molar-refractivity contribution in [2.45, 2.75) is 44.4 Å². The molecule has 0 amide bonds. The summed E-state index contributed by atoms with van der Waals surface area (Å²) in [5.74, 6) is 0.907. The van der Waals surface area contributed by atoms with Crippen molar-refractivity contribution in [1.29, 1.82) is 0 Å². The van der Waals surface area contributed by atoms with Crippen molar-refractivity contribution in [2.75, 3.05) is 13.7 Å². The van der Waals surface area contributed by atoms with E-state index in [1.807, 2.05) is 24.3 Å². The number of carbonyl (C=O) groups is 2. The second kappa shape index (κ2) is 9.45. The number of carbonyl (C=O) groups excluding carboxylic acids is 2. The van der Waals surface area contributed by atoms with Gasteiger partial charge in [-0.15, -0.1) is 0 Å². The lowest BCUT2D eigenvalue weighted by molar-refractivity contribution is 0.104. The Hall–Kier alpha value is -3.02. The minimum absolute atomic E-state index is 0.121. The van der Waals surface area contributed by atoms with Gasteiger partial charge in [-0.3, -0.25) is 0 Å². The maximum atomic E-state index is 11.5. The molecule has 1 saturated carbocycles. The van der Waals surface area contributed by atoms with E-state index in [9.17, 15) is 9.59 Å². The average Bonchev–Trinajstić information content (AvgIpc) is 2.75. The Morgan fingerprint density at radius 2 is 1.28 bits per heavy atom. The summed E-state index contributed by atoms with van der Waals surface area (Å²) < 4.78 is 19.6. The summed E-state index contributed by atoms with van der Waals surface area (Å²) in [5.41, 5.74) is 2.23. The summed E-state index contributed by atoms with van der Waals surface area (Å²) in [4.78, 5) is 22.8. The third-order valence-corrected chi connectivity index (χ3v) is 5.35. The second-order valence-electron chi connectivity index (χ2n) is 7.03. The largest absolute Gasteiger partial charge is 0.513 e. The molecule has 6 heteroatoms. The Kier molecular flexibility index (Phi) is 6.75. The van der Waals surface area contributed by atoms with E-state index in [1.54, 1.807) is 31.2 Å². The topological polar surface area (TPSA) is 71.1 Å². The van der Waals surface area contributed by atoms with Crippen LogP contribution in [0.5, 0.6) is 11.5 Å². The first-order valence-corrected chi connectivity index (χ1v) is 9.89. The molecule has 0 unspecified atom stereocenters. The van der Waals surface area contributed by atoms with Gasteiger partial charge in [0.15, 0.2) is 0 Å². The fourth-order valence-corrected chi connectivity index (χ4v) is 3.96. The van der Waals surface area contributed by atoms with Gasteiger partial charge >= 0.3 is 12.3 Å². The highest BCUT2D eigenvalue weighted by Crippen LogP contribution is 2.45. The van der Waals surface area contributed by atoms with Crippen molar-refractivity contribution in [3.05, 3.63) is 59.7 Å². The first-order valence-electron chi connectivity index (χ1n) is 9.89. The molecule has 0 atom stereocenters. The molecule has 0 saturated heterocycles. The number of rotatable bonds is 5. The lowest BCUT2D eigenvalue weighted by atomic mass is 9.65. The van der Waals surface area contributed by atoms with Crippen LogP contribution < -0.4 is 9.47 Å². The van der Waals surface area contributed by atoms with Crippen LogP contribution in [0.2, 0.25) is 0 Å². The molecule has 0 aliphatic heterocycles. The first-order chi connectivity index (χ1) is 14.1. The van der Waals surface area contributed by atoms with Crippen LogP contribution in [0.1, 0.15) is 50.2 Å². The number of ether oxygens (including phenoxy) is 4. The Labute approximate surface area is 170 Å². The molecule has 0 spiro atoms. The zero-order chi connectivity index (χ0) is 20.7. The number of benzene rings is 2. The zero-order valence-corrected chi connectivity index (χ0v) is 16.8. The Balaban J connectivity index is 1.85. The summed E-state index contributed by atoms with van der Waals surface area (Å²) in [5, 5.41) is 0. The third-order valence-electron chi connectivity index (χ3n) is 5.35. The first kappa shape index (κ1) is 20.7. The van der Waals surface area contributed by atoms with E-state index in [1.165, 1.54) is 24.7 Å². The van der Waals surface area contributed by atoms with Crippen molar-refractivity contribution in [1.82, 2.24) is 0 Å². The summed E-state index contributed by atoms with van der Waals surface area (Å²) in [6.45, 7) is 2.01. The van der Waals surface area contributed by atoms with Crippen LogP contribution in [0.3, 0.4) is 0 Å². The van der Waals surface area contributed by atoms with Crippen molar-refractivity contribution >= 4 is 12.3 Å². The summed E-state index contributed by atoms with van der Waals surface area (Å²) in [6.07, 6.45) is 4.12. The maximum absolute atomic E-state index is 11.5. The molecule has 6 nitrogen and oxygen atoms in total. The van der Waals surface area contributed by atoms with Crippen molar-refractivity contribution in [3.63, 3.8) is 0 Å². The smallest absolute Gasteiger partial charge is 0.437 e. The molecule has 0 radical (unpaired) electrons. The minimum Gasteiger partial charge on any atom is -0.437 e. The standard InChI is InChI=1S/C23H26O6/c1-3-27-22(25)29-20-13-9-18(10-14-20)23(15-5-4-6-16-23)17-7-11-19(12-8-17)28-21(24)26-2/h7-14H,3-6,15-16H2,1-2H3. The number of hydrogen-bond acceptors (Lipinski definition) is 6. The monoisotopic (exact) mass is 398 g/mol. The van der Waals surface area contributed by atoms with Crippen LogP contribution in [-0.2, 0) is 14.9 Å². The Morgan fingerprint density at radius 1 is 0.793 bits per heavy atom. The van der Waals surface area contributed by atoms with Crippen molar-refractivity contribution in [2.24, 2.45) is 0 Å². The molecule has 0 bridgehead atoms. The van der Waals surface area contributed by atoms with Crippen LogP contribution >= 0.6 is 0 Å². The second-order valence-corrected chi connectivity index (χ2v) is 7.03. The number of methoxy groups -OCH3 is 1. The van der Waals surface area contributed by atoms with E-state index in [0.29, 0.717) is 11.5 Å². The molecule has 2 aromatic rings. The van der Waals surface area contributed by atoms with Crippen molar-refractivity contribution < 1.29 is 28.5 Å². The van der Waals surface area contributed by atoms with Gasteiger partial charge in [0.25, 0.3) is 0 Å². The molecular weight excluding hydrogens is 372 g/mol. The highest BCUT2D eigenvalue weighted by Gasteiger charge is 2.35. The van der Waals surface area contributed by atoms with Crippen LogP contribution in [-0.4, -0.2) is 26.0 Å². The molecule has 29 heavy (non-hydrogen) atoms. The van der Waals surface area contributed by atoms with Gasteiger partial charge in [-0.05, 0) is 55.2 Å². The van der Waals surface area contributed by atoms with E-state index in [-0.39, 0.29) is 12.0 Å². The lowest BCUT2D eigenvalue weighted by Gasteiger charge is -2.38. The Morgan fingerprint density at radius 3 is 1.72 bits per heavy atom. The summed E-state index contributed by atoms with van der Waals surface area (Å²) in [6, 6.07) is 15.2. The molecule has 2 aromatic carbocycles. The van der Waals surface area contributed by atoms with E-state index in [4.69, 9.17) is 14.2 Å². The van der Waals surface area contributed by atoms with Gasteiger partial charge in [-0.1, -0.05) is 43.5 Å². The van der Waals surface area contributed by atoms with Crippen molar-refractivity contribution in [3.8, 4) is 11.5 Å². The molecule has 3 rings (SSSR count). The van der Waals surface area contributed by atoms with Gasteiger partial charge < -0.3 is 18.9 Å². The molecule has 1 fully saturated rings. The highest BCUT2D eigenvalue weighted by molar-refractivity contribution is 5.64. The molecule has 154 valence electrons. The maximum Gasteiger partial charge on any atom is 0.513 e. The van der Waals surface area contributed by atoms with E-state index < -0.39 is 12.3 Å². The molecule has 0 heterocycles. The van der Waals surface area contributed by atoms with Gasteiger partial charge in [0, 0.05) is 5.41 Å². The highest BCUT2D eigenvalue weighted by atomic mass is 16.7. The van der Waals surface area contributed by atoms with Crippen LogP contribution in [0.25, 0.3) is 0 Å². The van der Waals surface area contributed by atoms with Gasteiger partial charge in [-0.25, -0.2) is 9.59 Å². The van der Waals surface area contributed by atoms with Crippen LogP contribution in [0.15, 0.2) is 48.5 Å². The molecule has 1 aliphatic rings. The molecule has 0 aromatic heterocycles. The van der Waals surface area contributed by atoms with Crippen LogP contribution in [0.4, 0.5) is 9.59 Å².